The lowest BCUT2D eigenvalue weighted by Crippen LogP contribution is -2.35. The lowest BCUT2D eigenvalue weighted by Gasteiger charge is -2.18. The first-order chi connectivity index (χ1) is 11.9. The molecule has 0 radical (unpaired) electrons. The van der Waals surface area contributed by atoms with Crippen LogP contribution in [0.1, 0.15) is 27.9 Å². The number of likely N-dealkylation sites (tertiary alicyclic amines) is 1. The zero-order chi connectivity index (χ0) is 19.7. The van der Waals surface area contributed by atoms with Crippen LogP contribution in [0.25, 0.3) is 0 Å². The third-order valence-corrected chi connectivity index (χ3v) is 6.04. The molecule has 0 amide bonds. The number of sulfonamides is 1. The number of halogens is 3. The molecule has 1 aliphatic heterocycles. The van der Waals surface area contributed by atoms with Gasteiger partial charge in [-0.3, -0.25) is 4.90 Å². The van der Waals surface area contributed by atoms with Gasteiger partial charge in [0.1, 0.15) is 0 Å². The van der Waals surface area contributed by atoms with Crippen molar-refractivity contribution < 1.29 is 31.5 Å². The van der Waals surface area contributed by atoms with Crippen molar-refractivity contribution in [3.05, 3.63) is 28.8 Å². The van der Waals surface area contributed by atoms with Gasteiger partial charge in [0.05, 0.1) is 17.0 Å². The summed E-state index contributed by atoms with van der Waals surface area (Å²) in [6.07, 6.45) is -3.81. The average Bonchev–Trinajstić information content (AvgIpc) is 2.93. The lowest BCUT2D eigenvalue weighted by atomic mass is 10.1. The molecule has 0 unspecified atom stereocenters. The first kappa shape index (κ1) is 20.7. The van der Waals surface area contributed by atoms with E-state index >= 15 is 0 Å². The highest BCUT2D eigenvalue weighted by atomic mass is 32.2. The van der Waals surface area contributed by atoms with Crippen molar-refractivity contribution in [2.45, 2.75) is 31.3 Å². The third kappa shape index (κ3) is 5.18. The molecule has 0 saturated carbocycles. The first-order valence-electron chi connectivity index (χ1n) is 8.02. The topological polar surface area (TPSA) is 86.7 Å². The highest BCUT2D eigenvalue weighted by Gasteiger charge is 2.34. The van der Waals surface area contributed by atoms with Crippen LogP contribution in [-0.2, 0) is 10.0 Å². The van der Waals surface area contributed by atoms with Gasteiger partial charge in [-0.2, -0.15) is 13.2 Å². The summed E-state index contributed by atoms with van der Waals surface area (Å²) < 4.78 is 64.8. The summed E-state index contributed by atoms with van der Waals surface area (Å²) in [5.74, 6) is -1.46. The lowest BCUT2D eigenvalue weighted by molar-refractivity contribution is -0.143. The van der Waals surface area contributed by atoms with Gasteiger partial charge < -0.3 is 5.11 Å². The van der Waals surface area contributed by atoms with E-state index in [1.165, 1.54) is 11.0 Å². The largest absolute Gasteiger partial charge is 0.478 e. The average molecular weight is 394 g/mol. The van der Waals surface area contributed by atoms with Gasteiger partial charge in [-0.25, -0.2) is 17.9 Å². The van der Waals surface area contributed by atoms with Crippen LogP contribution in [0.3, 0.4) is 0 Å². The van der Waals surface area contributed by atoms with Crippen molar-refractivity contribution in [3.63, 3.8) is 0 Å². The molecular weight excluding hydrogens is 373 g/mol. The Morgan fingerprint density at radius 2 is 2.00 bits per heavy atom. The van der Waals surface area contributed by atoms with Gasteiger partial charge in [-0.15, -0.1) is 0 Å². The number of carboxylic acid groups (broad SMARTS) is 1. The van der Waals surface area contributed by atoms with Crippen LogP contribution in [0.2, 0.25) is 0 Å². The zero-order valence-corrected chi connectivity index (χ0v) is 15.2. The molecule has 6 nitrogen and oxygen atoms in total. The van der Waals surface area contributed by atoms with Crippen molar-refractivity contribution in [2.24, 2.45) is 5.92 Å². The number of benzene rings is 1. The molecule has 146 valence electrons. The van der Waals surface area contributed by atoms with Crippen molar-refractivity contribution in [3.8, 4) is 0 Å². The minimum absolute atomic E-state index is 0.00643. The molecule has 1 aliphatic rings. The highest BCUT2D eigenvalue weighted by Crippen LogP contribution is 2.24. The van der Waals surface area contributed by atoms with E-state index in [1.807, 2.05) is 0 Å². The van der Waals surface area contributed by atoms with Crippen LogP contribution in [-0.4, -0.2) is 56.7 Å². The fraction of sp³-hybridized carbons (Fsp3) is 0.562. The molecular formula is C16H21F3N2O4S. The Bertz CT molecular complexity index is 793. The van der Waals surface area contributed by atoms with Gasteiger partial charge in [-0.05, 0) is 56.0 Å². The molecule has 1 aromatic carbocycles. The Balaban J connectivity index is 2.07. The summed E-state index contributed by atoms with van der Waals surface area (Å²) in [4.78, 5) is 12.3. The number of aryl methyl sites for hydroxylation is 1. The maximum absolute atomic E-state index is 12.5. The van der Waals surface area contributed by atoms with Crippen LogP contribution < -0.4 is 4.72 Å². The molecule has 0 spiro atoms. The van der Waals surface area contributed by atoms with E-state index in [1.54, 1.807) is 13.8 Å². The summed E-state index contributed by atoms with van der Waals surface area (Å²) in [7, 11) is -3.96. The summed E-state index contributed by atoms with van der Waals surface area (Å²) in [5, 5.41) is 9.10. The molecule has 1 heterocycles. The number of hydrogen-bond donors (Lipinski definition) is 2. The van der Waals surface area contributed by atoms with Crippen molar-refractivity contribution >= 4 is 16.0 Å². The fourth-order valence-corrected chi connectivity index (χ4v) is 4.47. The molecule has 1 saturated heterocycles. The number of nitrogens with zero attached hydrogens (tertiary/aromatic N) is 1. The summed E-state index contributed by atoms with van der Waals surface area (Å²) in [5.41, 5.74) is 0.834. The second-order valence-electron chi connectivity index (χ2n) is 6.58. The van der Waals surface area contributed by atoms with E-state index in [-0.39, 0.29) is 36.0 Å². The van der Waals surface area contributed by atoms with Gasteiger partial charge in [0.25, 0.3) is 0 Å². The predicted molar refractivity (Wildman–Crippen MR) is 88.7 cm³/mol. The minimum Gasteiger partial charge on any atom is -0.478 e. The standard InChI is InChI=1S/C16H21F3N2O4S/c1-10-5-13(15(22)23)6-14(11(10)2)26(24,25)20-7-12-3-4-21(8-12)9-16(17,18)19/h5-6,12,20H,3-4,7-9H2,1-2H3,(H,22,23)/t12-/m1/s1. The van der Waals surface area contributed by atoms with Gasteiger partial charge in [0.2, 0.25) is 10.0 Å². The number of carbonyl (C=O) groups is 1. The van der Waals surface area contributed by atoms with E-state index in [0.29, 0.717) is 17.5 Å². The van der Waals surface area contributed by atoms with Gasteiger partial charge in [0, 0.05) is 13.1 Å². The molecule has 1 atom stereocenters. The summed E-state index contributed by atoms with van der Waals surface area (Å²) >= 11 is 0. The maximum atomic E-state index is 12.5. The number of hydrogen-bond acceptors (Lipinski definition) is 4. The Morgan fingerprint density at radius 3 is 2.58 bits per heavy atom. The molecule has 1 fully saturated rings. The molecule has 10 heteroatoms. The van der Waals surface area contributed by atoms with Gasteiger partial charge in [-0.1, -0.05) is 0 Å². The number of carboxylic acids is 1. The SMILES string of the molecule is Cc1cc(C(=O)O)cc(S(=O)(=O)NC[C@H]2CCN(CC(F)(F)F)C2)c1C. The van der Waals surface area contributed by atoms with Crippen LogP contribution >= 0.6 is 0 Å². The second kappa shape index (κ2) is 7.53. The molecule has 1 aromatic rings. The normalized spacial score (nSPS) is 19.0. The summed E-state index contributed by atoms with van der Waals surface area (Å²) in [6, 6.07) is 2.49. The van der Waals surface area contributed by atoms with E-state index in [9.17, 15) is 26.4 Å². The Kier molecular flexibility index (Phi) is 5.99. The monoisotopic (exact) mass is 394 g/mol. The predicted octanol–water partition coefficient (Wildman–Crippen LogP) is 2.16. The number of nitrogens with one attached hydrogen (secondary N) is 1. The van der Waals surface area contributed by atoms with Crippen molar-refractivity contribution in [1.82, 2.24) is 9.62 Å². The molecule has 26 heavy (non-hydrogen) atoms. The molecule has 0 aliphatic carbocycles. The quantitative estimate of drug-likeness (QED) is 0.772. The Hall–Kier alpha value is -1.65. The van der Waals surface area contributed by atoms with Crippen LogP contribution in [0.4, 0.5) is 13.2 Å². The molecule has 2 N–H and O–H groups in total. The maximum Gasteiger partial charge on any atom is 0.401 e. The molecule has 0 aromatic heterocycles. The van der Waals surface area contributed by atoms with E-state index < -0.39 is 28.7 Å². The Labute approximate surface area is 150 Å². The smallest absolute Gasteiger partial charge is 0.401 e. The number of rotatable bonds is 6. The summed E-state index contributed by atoms with van der Waals surface area (Å²) in [6.45, 7) is 2.62. The van der Waals surface area contributed by atoms with E-state index in [0.717, 1.165) is 6.07 Å². The van der Waals surface area contributed by atoms with Gasteiger partial charge >= 0.3 is 12.1 Å². The molecule has 0 bridgehead atoms. The second-order valence-corrected chi connectivity index (χ2v) is 8.31. The van der Waals surface area contributed by atoms with Crippen LogP contribution in [0.15, 0.2) is 17.0 Å². The van der Waals surface area contributed by atoms with E-state index in [2.05, 4.69) is 4.72 Å². The highest BCUT2D eigenvalue weighted by molar-refractivity contribution is 7.89. The first-order valence-corrected chi connectivity index (χ1v) is 9.50. The molecule has 2 rings (SSSR count). The zero-order valence-electron chi connectivity index (χ0n) is 14.4. The van der Waals surface area contributed by atoms with Crippen molar-refractivity contribution in [1.29, 1.82) is 0 Å². The van der Waals surface area contributed by atoms with Crippen LogP contribution in [0.5, 0.6) is 0 Å². The van der Waals surface area contributed by atoms with Gasteiger partial charge in [0.15, 0.2) is 0 Å². The Morgan fingerprint density at radius 1 is 1.35 bits per heavy atom. The van der Waals surface area contributed by atoms with Crippen LogP contribution in [0, 0.1) is 19.8 Å². The third-order valence-electron chi connectivity index (χ3n) is 4.49. The number of aromatic carboxylic acids is 1. The fourth-order valence-electron chi connectivity index (χ4n) is 3.01. The van der Waals surface area contributed by atoms with Crippen molar-refractivity contribution in [2.75, 3.05) is 26.2 Å². The number of alkyl halides is 3. The van der Waals surface area contributed by atoms with E-state index in [4.69, 9.17) is 5.11 Å². The minimum atomic E-state index is -4.28.